The molecule has 0 unspecified atom stereocenters. The van der Waals surface area contributed by atoms with E-state index in [1.54, 1.807) is 31.5 Å². The van der Waals surface area contributed by atoms with Crippen LogP contribution in [0.5, 0.6) is 0 Å². The van der Waals surface area contributed by atoms with Gasteiger partial charge in [-0.05, 0) is 31.5 Å². The summed E-state index contributed by atoms with van der Waals surface area (Å²) in [4.78, 5) is 0. The third-order valence-corrected chi connectivity index (χ3v) is 3.21. The van der Waals surface area contributed by atoms with E-state index < -0.39 is 7.14 Å². The van der Waals surface area contributed by atoms with E-state index in [-0.39, 0.29) is 0 Å². The van der Waals surface area contributed by atoms with Gasteiger partial charge in [-0.25, -0.2) is 0 Å². The Balaban J connectivity index is 3.23. The van der Waals surface area contributed by atoms with Crippen molar-refractivity contribution in [2.45, 2.75) is 0 Å². The maximum Gasteiger partial charge on any atom is 0.109 e. The van der Waals surface area contributed by atoms with Crippen molar-refractivity contribution in [1.29, 1.82) is 0 Å². The molecule has 0 aromatic heterocycles. The first kappa shape index (κ1) is 9.14. The molecule has 0 amide bonds. The molecular weight excluding hydrogens is 171 g/mol. The van der Waals surface area contributed by atoms with Crippen molar-refractivity contribution in [3.05, 3.63) is 18.2 Å². The second-order valence-corrected chi connectivity index (χ2v) is 6.38. The quantitative estimate of drug-likeness (QED) is 0.507. The van der Waals surface area contributed by atoms with Gasteiger partial charge >= 0.3 is 0 Å². The molecule has 0 spiro atoms. The van der Waals surface area contributed by atoms with Crippen LogP contribution in [0.3, 0.4) is 0 Å². The molecule has 0 heterocycles. The Morgan fingerprint density at radius 2 is 1.75 bits per heavy atom. The molecule has 4 N–H and O–H groups in total. The van der Waals surface area contributed by atoms with Crippen LogP contribution >= 0.6 is 7.14 Å². The Bertz CT molecular complexity index is 343. The van der Waals surface area contributed by atoms with Gasteiger partial charge in [0.25, 0.3) is 0 Å². The summed E-state index contributed by atoms with van der Waals surface area (Å²) in [5, 5.41) is 0.772. The van der Waals surface area contributed by atoms with E-state index in [2.05, 4.69) is 0 Å². The number of hydrogen-bond acceptors (Lipinski definition) is 3. The van der Waals surface area contributed by atoms with Crippen LogP contribution in [-0.4, -0.2) is 13.3 Å². The van der Waals surface area contributed by atoms with Crippen LogP contribution in [0.1, 0.15) is 0 Å². The van der Waals surface area contributed by atoms with Crippen LogP contribution in [0, 0.1) is 0 Å². The van der Waals surface area contributed by atoms with Gasteiger partial charge in [0.1, 0.15) is 7.14 Å². The van der Waals surface area contributed by atoms with Gasteiger partial charge < -0.3 is 16.0 Å². The number of nitrogens with two attached hydrogens (primary N) is 2. The summed E-state index contributed by atoms with van der Waals surface area (Å²) in [6.07, 6.45) is 0. The predicted octanol–water partition coefficient (Wildman–Crippen LogP) is 1.10. The highest BCUT2D eigenvalue weighted by Crippen LogP contribution is 2.35. The molecule has 66 valence electrons. The minimum absolute atomic E-state index is 0.497. The summed E-state index contributed by atoms with van der Waals surface area (Å²) in [7, 11) is -2.20. The summed E-state index contributed by atoms with van der Waals surface area (Å²) in [6, 6.07) is 5.12. The highest BCUT2D eigenvalue weighted by molar-refractivity contribution is 7.70. The van der Waals surface area contributed by atoms with Gasteiger partial charge in [0.05, 0.1) is 11.4 Å². The zero-order valence-electron chi connectivity index (χ0n) is 7.24. The van der Waals surface area contributed by atoms with Gasteiger partial charge in [0.15, 0.2) is 0 Å². The molecule has 1 rings (SSSR count). The minimum Gasteiger partial charge on any atom is -0.397 e. The largest absolute Gasteiger partial charge is 0.397 e. The second kappa shape index (κ2) is 2.83. The topological polar surface area (TPSA) is 69.1 Å². The number of rotatable bonds is 1. The van der Waals surface area contributed by atoms with E-state index >= 15 is 0 Å². The lowest BCUT2D eigenvalue weighted by Gasteiger charge is -2.08. The first-order chi connectivity index (χ1) is 5.41. The fourth-order valence-corrected chi connectivity index (χ4v) is 1.78. The summed E-state index contributed by atoms with van der Waals surface area (Å²) >= 11 is 0. The van der Waals surface area contributed by atoms with Crippen molar-refractivity contribution in [3.63, 3.8) is 0 Å². The number of nitrogen functional groups attached to an aromatic ring is 2. The van der Waals surface area contributed by atoms with E-state index in [9.17, 15) is 4.57 Å². The van der Waals surface area contributed by atoms with Crippen molar-refractivity contribution >= 4 is 23.8 Å². The van der Waals surface area contributed by atoms with E-state index in [0.29, 0.717) is 11.4 Å². The summed E-state index contributed by atoms with van der Waals surface area (Å²) < 4.78 is 11.6. The Hall–Kier alpha value is -0.950. The summed E-state index contributed by atoms with van der Waals surface area (Å²) in [5.74, 6) is 0. The van der Waals surface area contributed by atoms with Gasteiger partial charge in [-0.1, -0.05) is 0 Å². The molecule has 0 aliphatic rings. The molecule has 0 saturated heterocycles. The lowest BCUT2D eigenvalue weighted by molar-refractivity contribution is 0.588. The Labute approximate surface area is 72.1 Å². The lowest BCUT2D eigenvalue weighted by atomic mass is 10.3. The van der Waals surface area contributed by atoms with E-state index in [0.717, 1.165) is 5.30 Å². The number of anilines is 2. The highest BCUT2D eigenvalue weighted by Gasteiger charge is 2.11. The summed E-state index contributed by atoms with van der Waals surface area (Å²) in [5.41, 5.74) is 12.1. The first-order valence-electron chi connectivity index (χ1n) is 3.62. The fraction of sp³-hybridized carbons (Fsp3) is 0.250. The number of benzene rings is 1. The van der Waals surface area contributed by atoms with Crippen LogP contribution in [0.4, 0.5) is 11.4 Å². The smallest absolute Gasteiger partial charge is 0.109 e. The zero-order valence-corrected chi connectivity index (χ0v) is 8.14. The Kier molecular flexibility index (Phi) is 2.16. The molecule has 0 fully saturated rings. The minimum atomic E-state index is -2.20. The monoisotopic (exact) mass is 184 g/mol. The molecule has 0 aliphatic carbocycles. The average molecular weight is 184 g/mol. The van der Waals surface area contributed by atoms with Crippen LogP contribution in [-0.2, 0) is 4.57 Å². The first-order valence-corrected chi connectivity index (χ1v) is 6.22. The van der Waals surface area contributed by atoms with E-state index in [4.69, 9.17) is 11.5 Å². The summed E-state index contributed by atoms with van der Waals surface area (Å²) in [6.45, 7) is 3.41. The maximum absolute atomic E-state index is 11.6. The van der Waals surface area contributed by atoms with Gasteiger partial charge in [-0.15, -0.1) is 0 Å². The average Bonchev–Trinajstić information content (AvgIpc) is 1.92. The predicted molar refractivity (Wildman–Crippen MR) is 54.4 cm³/mol. The molecule has 0 atom stereocenters. The standard InChI is InChI=1S/C8H13N2OP/c1-12(2,11)6-3-4-7(9)8(10)5-6/h3-5H,9-10H2,1-2H3. The molecule has 0 bridgehead atoms. The van der Waals surface area contributed by atoms with Crippen LogP contribution < -0.4 is 16.8 Å². The van der Waals surface area contributed by atoms with Crippen molar-refractivity contribution in [3.8, 4) is 0 Å². The zero-order chi connectivity index (χ0) is 9.35. The van der Waals surface area contributed by atoms with Crippen molar-refractivity contribution < 1.29 is 4.57 Å². The molecule has 0 radical (unpaired) electrons. The van der Waals surface area contributed by atoms with Crippen molar-refractivity contribution in [1.82, 2.24) is 0 Å². The number of hydrogen-bond donors (Lipinski definition) is 2. The highest BCUT2D eigenvalue weighted by atomic mass is 31.2. The third kappa shape index (κ3) is 1.80. The van der Waals surface area contributed by atoms with Gasteiger partial charge in [-0.3, -0.25) is 0 Å². The normalized spacial score (nSPS) is 11.5. The van der Waals surface area contributed by atoms with Crippen LogP contribution in [0.25, 0.3) is 0 Å². The Morgan fingerprint density at radius 1 is 1.17 bits per heavy atom. The molecular formula is C8H13N2OP. The third-order valence-electron chi connectivity index (χ3n) is 1.69. The molecule has 4 heteroatoms. The maximum atomic E-state index is 11.6. The lowest BCUT2D eigenvalue weighted by Crippen LogP contribution is -2.06. The molecule has 1 aromatic rings. The van der Waals surface area contributed by atoms with Gasteiger partial charge in [0.2, 0.25) is 0 Å². The van der Waals surface area contributed by atoms with Crippen molar-refractivity contribution in [2.75, 3.05) is 24.8 Å². The molecule has 12 heavy (non-hydrogen) atoms. The van der Waals surface area contributed by atoms with E-state index in [1.807, 2.05) is 0 Å². The van der Waals surface area contributed by atoms with Gasteiger partial charge in [0, 0.05) is 5.30 Å². The van der Waals surface area contributed by atoms with Crippen LogP contribution in [0.2, 0.25) is 0 Å². The molecule has 0 saturated carbocycles. The molecule has 0 aliphatic heterocycles. The Morgan fingerprint density at radius 3 is 2.17 bits per heavy atom. The van der Waals surface area contributed by atoms with Crippen LogP contribution in [0.15, 0.2) is 18.2 Å². The fourth-order valence-electron chi connectivity index (χ4n) is 0.897. The molecule has 1 aromatic carbocycles. The van der Waals surface area contributed by atoms with Crippen molar-refractivity contribution in [2.24, 2.45) is 0 Å². The SMILES string of the molecule is CP(C)(=O)c1ccc(N)c(N)c1. The second-order valence-electron chi connectivity index (χ2n) is 3.16. The van der Waals surface area contributed by atoms with E-state index in [1.165, 1.54) is 0 Å². The molecule has 3 nitrogen and oxygen atoms in total. The van der Waals surface area contributed by atoms with Gasteiger partial charge in [-0.2, -0.15) is 0 Å².